The standard InChI is InChI=1S/C14H14N4O/c15-13-8-16-12(7-17-13)14(19)18-11-5-9-3-1-2-4-10(9)6-11/h1-4,7-8,11H,5-6H2,(H2,15,17)(H,18,19). The van der Waals surface area contributed by atoms with Crippen LogP contribution >= 0.6 is 0 Å². The maximum absolute atomic E-state index is 12.0. The summed E-state index contributed by atoms with van der Waals surface area (Å²) in [6.45, 7) is 0. The van der Waals surface area contributed by atoms with Gasteiger partial charge in [-0.3, -0.25) is 4.79 Å². The first-order chi connectivity index (χ1) is 9.22. The summed E-state index contributed by atoms with van der Waals surface area (Å²) in [5.41, 5.74) is 8.34. The highest BCUT2D eigenvalue weighted by molar-refractivity contribution is 5.92. The van der Waals surface area contributed by atoms with Gasteiger partial charge in [0.25, 0.3) is 5.91 Å². The van der Waals surface area contributed by atoms with Gasteiger partial charge in [-0.25, -0.2) is 9.97 Å². The zero-order chi connectivity index (χ0) is 13.2. The Morgan fingerprint density at radius 3 is 2.42 bits per heavy atom. The van der Waals surface area contributed by atoms with Gasteiger partial charge in [0.1, 0.15) is 11.5 Å². The Hall–Kier alpha value is -2.43. The van der Waals surface area contributed by atoms with E-state index >= 15 is 0 Å². The van der Waals surface area contributed by atoms with E-state index in [1.165, 1.54) is 23.5 Å². The number of hydrogen-bond acceptors (Lipinski definition) is 4. The monoisotopic (exact) mass is 254 g/mol. The number of carbonyl (C=O) groups excluding carboxylic acids is 1. The molecule has 1 aliphatic carbocycles. The number of nitrogens with zero attached hydrogens (tertiary/aromatic N) is 2. The number of amides is 1. The van der Waals surface area contributed by atoms with Crippen LogP contribution in [0.3, 0.4) is 0 Å². The summed E-state index contributed by atoms with van der Waals surface area (Å²) in [4.78, 5) is 19.8. The molecular weight excluding hydrogens is 240 g/mol. The lowest BCUT2D eigenvalue weighted by Crippen LogP contribution is -2.35. The number of nitrogens with two attached hydrogens (primary N) is 1. The van der Waals surface area contributed by atoms with Crippen LogP contribution < -0.4 is 11.1 Å². The molecule has 0 bridgehead atoms. The van der Waals surface area contributed by atoms with Gasteiger partial charge in [0, 0.05) is 6.04 Å². The third kappa shape index (κ3) is 2.40. The van der Waals surface area contributed by atoms with Crippen molar-refractivity contribution >= 4 is 11.7 Å². The van der Waals surface area contributed by atoms with Gasteiger partial charge in [-0.15, -0.1) is 0 Å². The lowest BCUT2D eigenvalue weighted by molar-refractivity contribution is 0.0933. The molecule has 0 saturated carbocycles. The zero-order valence-corrected chi connectivity index (χ0v) is 10.3. The van der Waals surface area contributed by atoms with Crippen LogP contribution in [0.5, 0.6) is 0 Å². The predicted octanol–water partition coefficient (Wildman–Crippen LogP) is 0.956. The maximum atomic E-state index is 12.0. The molecule has 96 valence electrons. The van der Waals surface area contributed by atoms with Gasteiger partial charge in [0.2, 0.25) is 0 Å². The second kappa shape index (κ2) is 4.68. The predicted molar refractivity (Wildman–Crippen MR) is 71.5 cm³/mol. The van der Waals surface area contributed by atoms with Gasteiger partial charge in [0.05, 0.1) is 12.4 Å². The van der Waals surface area contributed by atoms with Gasteiger partial charge in [-0.05, 0) is 24.0 Å². The molecule has 1 aliphatic rings. The molecule has 3 N–H and O–H groups in total. The first-order valence-corrected chi connectivity index (χ1v) is 6.17. The van der Waals surface area contributed by atoms with Crippen molar-refractivity contribution in [3.8, 4) is 0 Å². The highest BCUT2D eigenvalue weighted by atomic mass is 16.1. The van der Waals surface area contributed by atoms with Crippen molar-refractivity contribution in [1.29, 1.82) is 0 Å². The van der Waals surface area contributed by atoms with Crippen molar-refractivity contribution in [3.05, 3.63) is 53.5 Å². The van der Waals surface area contributed by atoms with Crippen LogP contribution in [0, 0.1) is 0 Å². The van der Waals surface area contributed by atoms with Gasteiger partial charge < -0.3 is 11.1 Å². The number of nitrogens with one attached hydrogen (secondary N) is 1. The van der Waals surface area contributed by atoms with Crippen LogP contribution in [0.15, 0.2) is 36.7 Å². The van der Waals surface area contributed by atoms with Crippen LogP contribution in [0.2, 0.25) is 0 Å². The molecule has 0 radical (unpaired) electrons. The second-order valence-electron chi connectivity index (χ2n) is 4.67. The molecule has 0 atom stereocenters. The van der Waals surface area contributed by atoms with Crippen molar-refractivity contribution in [2.24, 2.45) is 0 Å². The number of anilines is 1. The lowest BCUT2D eigenvalue weighted by atomic mass is 10.1. The van der Waals surface area contributed by atoms with Crippen LogP contribution in [0.4, 0.5) is 5.82 Å². The summed E-state index contributed by atoms with van der Waals surface area (Å²) in [6, 6.07) is 8.38. The number of hydrogen-bond donors (Lipinski definition) is 2. The Bertz CT molecular complexity index is 584. The fourth-order valence-corrected chi connectivity index (χ4v) is 2.38. The molecule has 19 heavy (non-hydrogen) atoms. The molecule has 5 nitrogen and oxygen atoms in total. The van der Waals surface area contributed by atoms with Crippen LogP contribution in [0.25, 0.3) is 0 Å². The van der Waals surface area contributed by atoms with E-state index in [9.17, 15) is 4.79 Å². The molecule has 0 spiro atoms. The summed E-state index contributed by atoms with van der Waals surface area (Å²) in [5.74, 6) is 0.107. The van der Waals surface area contributed by atoms with Crippen molar-refractivity contribution < 1.29 is 4.79 Å². The third-order valence-electron chi connectivity index (χ3n) is 3.29. The van der Waals surface area contributed by atoms with Crippen LogP contribution in [-0.2, 0) is 12.8 Å². The SMILES string of the molecule is Nc1cnc(C(=O)NC2Cc3ccccc3C2)cn1. The molecule has 1 heterocycles. The summed E-state index contributed by atoms with van der Waals surface area (Å²) < 4.78 is 0. The molecule has 2 aromatic rings. The minimum absolute atomic E-state index is 0.129. The molecule has 0 unspecified atom stereocenters. The van der Waals surface area contributed by atoms with Gasteiger partial charge in [-0.1, -0.05) is 24.3 Å². The number of nitrogen functional groups attached to an aromatic ring is 1. The topological polar surface area (TPSA) is 80.9 Å². The van der Waals surface area contributed by atoms with Gasteiger partial charge in [-0.2, -0.15) is 0 Å². The largest absolute Gasteiger partial charge is 0.382 e. The first kappa shape index (κ1) is 11.6. The molecule has 0 fully saturated rings. The van der Waals surface area contributed by atoms with Crippen molar-refractivity contribution in [2.75, 3.05) is 5.73 Å². The average molecular weight is 254 g/mol. The highest BCUT2D eigenvalue weighted by Crippen LogP contribution is 2.21. The minimum Gasteiger partial charge on any atom is -0.382 e. The van der Waals surface area contributed by atoms with Crippen LogP contribution in [0.1, 0.15) is 21.6 Å². The lowest BCUT2D eigenvalue weighted by Gasteiger charge is -2.11. The number of rotatable bonds is 2. The Morgan fingerprint density at radius 1 is 1.16 bits per heavy atom. The van der Waals surface area contributed by atoms with E-state index in [0.717, 1.165) is 12.8 Å². The number of aromatic nitrogens is 2. The smallest absolute Gasteiger partial charge is 0.271 e. The fraction of sp³-hybridized carbons (Fsp3) is 0.214. The van der Waals surface area contributed by atoms with E-state index in [4.69, 9.17) is 5.73 Å². The average Bonchev–Trinajstić information content (AvgIpc) is 2.81. The summed E-state index contributed by atoms with van der Waals surface area (Å²) >= 11 is 0. The normalized spacial score (nSPS) is 14.1. The van der Waals surface area contributed by atoms with Crippen molar-refractivity contribution in [3.63, 3.8) is 0 Å². The number of carbonyl (C=O) groups is 1. The Kier molecular flexibility index (Phi) is 2.87. The Labute approximate surface area is 110 Å². The molecule has 0 aliphatic heterocycles. The quantitative estimate of drug-likeness (QED) is 0.836. The third-order valence-corrected chi connectivity index (χ3v) is 3.29. The van der Waals surface area contributed by atoms with E-state index in [1.54, 1.807) is 0 Å². The molecule has 3 rings (SSSR count). The molecule has 1 aromatic carbocycles. The molecular formula is C14H14N4O. The molecule has 1 amide bonds. The molecule has 1 aromatic heterocycles. The minimum atomic E-state index is -0.203. The fourth-order valence-electron chi connectivity index (χ4n) is 2.38. The van der Waals surface area contributed by atoms with E-state index in [-0.39, 0.29) is 11.9 Å². The zero-order valence-electron chi connectivity index (χ0n) is 10.3. The van der Waals surface area contributed by atoms with E-state index in [2.05, 4.69) is 27.4 Å². The first-order valence-electron chi connectivity index (χ1n) is 6.17. The van der Waals surface area contributed by atoms with E-state index < -0.39 is 0 Å². The van der Waals surface area contributed by atoms with Gasteiger partial charge in [0.15, 0.2) is 0 Å². The van der Waals surface area contributed by atoms with Gasteiger partial charge >= 0.3 is 0 Å². The highest BCUT2D eigenvalue weighted by Gasteiger charge is 2.23. The van der Waals surface area contributed by atoms with Crippen LogP contribution in [-0.4, -0.2) is 21.9 Å². The van der Waals surface area contributed by atoms with Crippen molar-refractivity contribution in [2.45, 2.75) is 18.9 Å². The summed E-state index contributed by atoms with van der Waals surface area (Å²) in [6.07, 6.45) is 4.51. The number of benzene rings is 1. The second-order valence-corrected chi connectivity index (χ2v) is 4.67. The Morgan fingerprint density at radius 2 is 1.84 bits per heavy atom. The molecule has 0 saturated heterocycles. The van der Waals surface area contributed by atoms with E-state index in [0.29, 0.717) is 11.5 Å². The van der Waals surface area contributed by atoms with Crippen molar-refractivity contribution in [1.82, 2.24) is 15.3 Å². The molecule has 5 heteroatoms. The summed E-state index contributed by atoms with van der Waals surface area (Å²) in [7, 11) is 0. The number of fused-ring (bicyclic) bond motifs is 1. The summed E-state index contributed by atoms with van der Waals surface area (Å²) in [5, 5.41) is 2.98. The Balaban J connectivity index is 1.67. The van der Waals surface area contributed by atoms with E-state index in [1.807, 2.05) is 12.1 Å². The maximum Gasteiger partial charge on any atom is 0.271 e.